The van der Waals surface area contributed by atoms with Crippen molar-refractivity contribution in [2.45, 2.75) is 84.3 Å². The van der Waals surface area contributed by atoms with Gasteiger partial charge in [-0.1, -0.05) is 58.0 Å². The highest BCUT2D eigenvalue weighted by Crippen LogP contribution is 2.26. The van der Waals surface area contributed by atoms with E-state index in [0.29, 0.717) is 6.42 Å². The molecule has 0 fully saturated rings. The van der Waals surface area contributed by atoms with Gasteiger partial charge < -0.3 is 10.1 Å². The van der Waals surface area contributed by atoms with Crippen molar-refractivity contribution in [3.8, 4) is 5.75 Å². The average Bonchev–Trinajstić information content (AvgIpc) is 2.71. The van der Waals surface area contributed by atoms with E-state index in [4.69, 9.17) is 4.74 Å². The number of fused-ring (bicyclic) bond motifs is 1. The van der Waals surface area contributed by atoms with Gasteiger partial charge in [0.15, 0.2) is 6.10 Å². The molecular formula is C26H35NO2. The van der Waals surface area contributed by atoms with Crippen molar-refractivity contribution in [1.82, 2.24) is 5.32 Å². The van der Waals surface area contributed by atoms with E-state index in [1.54, 1.807) is 0 Å². The Morgan fingerprint density at radius 1 is 1.03 bits per heavy atom. The Morgan fingerprint density at radius 3 is 2.31 bits per heavy atom. The van der Waals surface area contributed by atoms with Crippen molar-refractivity contribution in [3.05, 3.63) is 64.7 Å². The first-order valence-electron chi connectivity index (χ1n) is 11.0. The van der Waals surface area contributed by atoms with Gasteiger partial charge in [0.1, 0.15) is 5.75 Å². The fourth-order valence-electron chi connectivity index (χ4n) is 3.93. The van der Waals surface area contributed by atoms with Crippen molar-refractivity contribution in [3.63, 3.8) is 0 Å². The second kappa shape index (κ2) is 9.02. The van der Waals surface area contributed by atoms with Gasteiger partial charge in [-0.2, -0.15) is 0 Å². The maximum Gasteiger partial charge on any atom is 0.261 e. The summed E-state index contributed by atoms with van der Waals surface area (Å²) in [5.74, 6) is 0.680. The number of carbonyl (C=O) groups excluding carboxylic acids is 1. The highest BCUT2D eigenvalue weighted by Gasteiger charge is 2.22. The summed E-state index contributed by atoms with van der Waals surface area (Å²) in [5.41, 5.74) is 5.43. The molecule has 0 saturated carbocycles. The number of benzene rings is 2. The highest BCUT2D eigenvalue weighted by molar-refractivity contribution is 5.81. The molecule has 2 aromatic carbocycles. The molecular weight excluding hydrogens is 358 g/mol. The first kappa shape index (κ1) is 21.4. The molecule has 3 heteroatoms. The summed E-state index contributed by atoms with van der Waals surface area (Å²) < 4.78 is 6.01. The first-order valence-corrected chi connectivity index (χ1v) is 11.0. The SMILES string of the molecule is CC[C@@H](Oc1ccc(C(C)(C)C)cc1)C(=O)N[C@H](C)c1ccc2c(c1)CCCC2. The quantitative estimate of drug-likeness (QED) is 0.664. The number of carbonyl (C=O) groups is 1. The molecule has 0 aliphatic heterocycles. The van der Waals surface area contributed by atoms with Crippen LogP contribution in [0.1, 0.15) is 82.2 Å². The summed E-state index contributed by atoms with van der Waals surface area (Å²) in [6.45, 7) is 10.6. The van der Waals surface area contributed by atoms with Gasteiger partial charge in [0.25, 0.3) is 5.91 Å². The maximum atomic E-state index is 12.8. The molecule has 0 radical (unpaired) electrons. The Hall–Kier alpha value is -2.29. The first-order chi connectivity index (χ1) is 13.8. The highest BCUT2D eigenvalue weighted by atomic mass is 16.5. The molecule has 156 valence electrons. The lowest BCUT2D eigenvalue weighted by molar-refractivity contribution is -0.128. The monoisotopic (exact) mass is 393 g/mol. The average molecular weight is 394 g/mol. The molecule has 0 heterocycles. The van der Waals surface area contributed by atoms with E-state index in [1.165, 1.54) is 41.5 Å². The van der Waals surface area contributed by atoms with Crippen molar-refractivity contribution < 1.29 is 9.53 Å². The van der Waals surface area contributed by atoms with Gasteiger partial charge in [-0.05, 0) is 78.8 Å². The summed E-state index contributed by atoms with van der Waals surface area (Å²) >= 11 is 0. The predicted molar refractivity (Wildman–Crippen MR) is 119 cm³/mol. The van der Waals surface area contributed by atoms with Crippen molar-refractivity contribution in [1.29, 1.82) is 0 Å². The zero-order chi connectivity index (χ0) is 21.0. The normalized spacial score (nSPS) is 15.9. The molecule has 1 N–H and O–H groups in total. The minimum Gasteiger partial charge on any atom is -0.481 e. The lowest BCUT2D eigenvalue weighted by Crippen LogP contribution is -2.39. The van der Waals surface area contributed by atoms with Crippen LogP contribution in [0, 0.1) is 0 Å². The van der Waals surface area contributed by atoms with Gasteiger partial charge in [0, 0.05) is 0 Å². The standard InChI is InChI=1S/C26H35NO2/c1-6-24(29-23-15-13-22(14-16-23)26(3,4)5)25(28)27-18(2)20-12-11-19-9-7-8-10-21(19)17-20/h11-18,24H,6-10H2,1-5H3,(H,27,28)/t18-,24-/m1/s1. The summed E-state index contributed by atoms with van der Waals surface area (Å²) in [4.78, 5) is 12.8. The fraction of sp³-hybridized carbons (Fsp3) is 0.500. The Morgan fingerprint density at radius 2 is 1.69 bits per heavy atom. The number of hydrogen-bond acceptors (Lipinski definition) is 2. The molecule has 1 amide bonds. The van der Waals surface area contributed by atoms with Crippen LogP contribution in [0.4, 0.5) is 0 Å². The lowest BCUT2D eigenvalue weighted by Gasteiger charge is -2.23. The van der Waals surface area contributed by atoms with Crippen molar-refractivity contribution in [2.24, 2.45) is 0 Å². The molecule has 3 rings (SSSR count). The van der Waals surface area contributed by atoms with Crippen molar-refractivity contribution >= 4 is 5.91 Å². The van der Waals surface area contributed by atoms with Crippen LogP contribution in [0.15, 0.2) is 42.5 Å². The Balaban J connectivity index is 1.63. The zero-order valence-electron chi connectivity index (χ0n) is 18.5. The number of amides is 1. The van der Waals surface area contributed by atoms with Crippen molar-refractivity contribution in [2.75, 3.05) is 0 Å². The molecule has 0 saturated heterocycles. The Labute approximate surface area is 175 Å². The van der Waals surface area contributed by atoms with E-state index in [0.717, 1.165) is 12.2 Å². The minimum absolute atomic E-state index is 0.0318. The summed E-state index contributed by atoms with van der Waals surface area (Å²) in [7, 11) is 0. The molecule has 2 aromatic rings. The van der Waals surface area contributed by atoms with Crippen LogP contribution >= 0.6 is 0 Å². The molecule has 1 aliphatic rings. The second-order valence-corrected chi connectivity index (χ2v) is 9.25. The van der Waals surface area contributed by atoms with Gasteiger partial charge in [-0.3, -0.25) is 4.79 Å². The second-order valence-electron chi connectivity index (χ2n) is 9.25. The predicted octanol–water partition coefficient (Wildman–Crippen LogP) is 5.90. The summed E-state index contributed by atoms with van der Waals surface area (Å²) in [5, 5.41) is 3.15. The third-order valence-corrected chi connectivity index (χ3v) is 5.89. The fourth-order valence-corrected chi connectivity index (χ4v) is 3.93. The van der Waals surface area contributed by atoms with Crippen LogP contribution in [0.5, 0.6) is 5.75 Å². The number of nitrogens with one attached hydrogen (secondary N) is 1. The third kappa shape index (κ3) is 5.41. The van der Waals surface area contributed by atoms with Crippen LogP contribution in [0.3, 0.4) is 0 Å². The van der Waals surface area contributed by atoms with E-state index in [9.17, 15) is 4.79 Å². The van der Waals surface area contributed by atoms with E-state index in [-0.39, 0.29) is 17.4 Å². The molecule has 2 atom stereocenters. The maximum absolute atomic E-state index is 12.8. The zero-order valence-corrected chi connectivity index (χ0v) is 18.5. The van der Waals surface area contributed by atoms with Gasteiger partial charge in [-0.25, -0.2) is 0 Å². The van der Waals surface area contributed by atoms with Gasteiger partial charge >= 0.3 is 0 Å². The van der Waals surface area contributed by atoms with Gasteiger partial charge in [0.2, 0.25) is 0 Å². The third-order valence-electron chi connectivity index (χ3n) is 5.89. The van der Waals surface area contributed by atoms with E-state index < -0.39 is 6.10 Å². The number of rotatable bonds is 6. The smallest absolute Gasteiger partial charge is 0.261 e. The topological polar surface area (TPSA) is 38.3 Å². The molecule has 1 aliphatic carbocycles. The number of hydrogen-bond donors (Lipinski definition) is 1. The molecule has 29 heavy (non-hydrogen) atoms. The van der Waals surface area contributed by atoms with E-state index >= 15 is 0 Å². The lowest BCUT2D eigenvalue weighted by atomic mass is 9.87. The largest absolute Gasteiger partial charge is 0.481 e. The summed E-state index contributed by atoms with van der Waals surface area (Å²) in [6.07, 6.45) is 5.01. The van der Waals surface area contributed by atoms with E-state index in [2.05, 4.69) is 56.4 Å². The minimum atomic E-state index is -0.490. The van der Waals surface area contributed by atoms with Crippen LogP contribution in [-0.2, 0) is 23.1 Å². The molecule has 0 aromatic heterocycles. The van der Waals surface area contributed by atoms with Gasteiger partial charge in [0.05, 0.1) is 6.04 Å². The molecule has 0 unspecified atom stereocenters. The van der Waals surface area contributed by atoms with Crippen LogP contribution in [0.25, 0.3) is 0 Å². The molecule has 3 nitrogen and oxygen atoms in total. The van der Waals surface area contributed by atoms with Crippen LogP contribution in [0.2, 0.25) is 0 Å². The Bertz CT molecular complexity index is 833. The summed E-state index contributed by atoms with van der Waals surface area (Å²) in [6, 6.07) is 14.7. The van der Waals surface area contributed by atoms with E-state index in [1.807, 2.05) is 26.0 Å². The molecule has 0 spiro atoms. The number of ether oxygens (including phenoxy) is 1. The number of aryl methyl sites for hydroxylation is 2. The van der Waals surface area contributed by atoms with Crippen LogP contribution in [-0.4, -0.2) is 12.0 Å². The van der Waals surface area contributed by atoms with Gasteiger partial charge in [-0.15, -0.1) is 0 Å². The Kier molecular flexibility index (Phi) is 6.66. The molecule has 0 bridgehead atoms. The van der Waals surface area contributed by atoms with Crippen LogP contribution < -0.4 is 10.1 Å².